The van der Waals surface area contributed by atoms with Gasteiger partial charge in [-0.25, -0.2) is 0 Å². The van der Waals surface area contributed by atoms with E-state index in [1.54, 1.807) is 12.1 Å². The molecule has 5 heteroatoms. The number of hydrazone groups is 1. The number of carbonyl (C=O) groups excluding carboxylic acids is 1. The number of anilines is 1. The van der Waals surface area contributed by atoms with Gasteiger partial charge in [-0.2, -0.15) is 5.10 Å². The average molecular weight is 329 g/mol. The molecule has 0 aromatic heterocycles. The maximum atomic E-state index is 12.7. The Morgan fingerprint density at radius 2 is 1.83 bits per heavy atom. The molecule has 0 fully saturated rings. The van der Waals surface area contributed by atoms with Crippen LogP contribution in [0.25, 0.3) is 0 Å². The second-order valence-corrected chi connectivity index (χ2v) is 5.97. The molecule has 0 aliphatic carbocycles. The zero-order chi connectivity index (χ0) is 16.4. The third-order valence-electron chi connectivity index (χ3n) is 3.86. The number of ether oxygens (including phenoxy) is 1. The van der Waals surface area contributed by atoms with Crippen LogP contribution in [0.3, 0.4) is 0 Å². The SMILES string of the molecule is Cc1cc2c(cc1C)C(=O)/C(=N\Nc1ccc(Cl)cc1)CCO2. The van der Waals surface area contributed by atoms with Crippen LogP contribution in [-0.4, -0.2) is 18.1 Å². The first-order valence-electron chi connectivity index (χ1n) is 7.41. The van der Waals surface area contributed by atoms with Crippen molar-refractivity contribution in [1.82, 2.24) is 0 Å². The van der Waals surface area contributed by atoms with Crippen LogP contribution in [-0.2, 0) is 0 Å². The van der Waals surface area contributed by atoms with Gasteiger partial charge in [-0.15, -0.1) is 0 Å². The van der Waals surface area contributed by atoms with E-state index < -0.39 is 0 Å². The number of rotatable bonds is 2. The minimum Gasteiger partial charge on any atom is -0.492 e. The van der Waals surface area contributed by atoms with Crippen molar-refractivity contribution in [2.75, 3.05) is 12.0 Å². The van der Waals surface area contributed by atoms with Crippen molar-refractivity contribution in [3.8, 4) is 5.75 Å². The maximum absolute atomic E-state index is 12.7. The first-order valence-corrected chi connectivity index (χ1v) is 7.79. The molecule has 0 amide bonds. The Balaban J connectivity index is 1.88. The van der Waals surface area contributed by atoms with E-state index in [1.807, 2.05) is 38.1 Å². The lowest BCUT2D eigenvalue weighted by atomic mass is 10.00. The maximum Gasteiger partial charge on any atom is 0.212 e. The number of nitrogens with one attached hydrogen (secondary N) is 1. The average Bonchev–Trinajstić information content (AvgIpc) is 2.68. The van der Waals surface area contributed by atoms with E-state index >= 15 is 0 Å². The smallest absolute Gasteiger partial charge is 0.212 e. The topological polar surface area (TPSA) is 50.7 Å². The van der Waals surface area contributed by atoms with Gasteiger partial charge in [-0.3, -0.25) is 10.2 Å². The number of nitrogens with zero attached hydrogens (tertiary/aromatic N) is 1. The van der Waals surface area contributed by atoms with Gasteiger partial charge in [0.1, 0.15) is 11.5 Å². The molecular weight excluding hydrogens is 312 g/mol. The monoisotopic (exact) mass is 328 g/mol. The summed E-state index contributed by atoms with van der Waals surface area (Å²) in [6, 6.07) is 10.9. The van der Waals surface area contributed by atoms with Crippen molar-refractivity contribution in [1.29, 1.82) is 0 Å². The number of hydrogen-bond donors (Lipinski definition) is 1. The Labute approximate surface area is 140 Å². The van der Waals surface area contributed by atoms with Crippen LogP contribution in [0.2, 0.25) is 5.02 Å². The van der Waals surface area contributed by atoms with Gasteiger partial charge in [0.25, 0.3) is 0 Å². The van der Waals surface area contributed by atoms with Crippen molar-refractivity contribution in [3.63, 3.8) is 0 Å². The van der Waals surface area contributed by atoms with Gasteiger partial charge in [0.05, 0.1) is 17.9 Å². The summed E-state index contributed by atoms with van der Waals surface area (Å²) in [5.74, 6) is 0.539. The molecule has 0 saturated carbocycles. The summed E-state index contributed by atoms with van der Waals surface area (Å²) < 4.78 is 5.71. The van der Waals surface area contributed by atoms with Crippen molar-refractivity contribution < 1.29 is 9.53 Å². The highest BCUT2D eigenvalue weighted by Crippen LogP contribution is 2.27. The van der Waals surface area contributed by atoms with Crippen molar-refractivity contribution in [2.24, 2.45) is 5.10 Å². The fourth-order valence-corrected chi connectivity index (χ4v) is 2.50. The summed E-state index contributed by atoms with van der Waals surface area (Å²) in [7, 11) is 0. The molecule has 0 spiro atoms. The Hall–Kier alpha value is -2.33. The lowest BCUT2D eigenvalue weighted by Gasteiger charge is -2.09. The van der Waals surface area contributed by atoms with Gasteiger partial charge >= 0.3 is 0 Å². The number of fused-ring (bicyclic) bond motifs is 1. The first-order chi connectivity index (χ1) is 11.0. The lowest BCUT2D eigenvalue weighted by Crippen LogP contribution is -2.15. The van der Waals surface area contributed by atoms with E-state index in [0.29, 0.717) is 35.1 Å². The number of hydrogen-bond acceptors (Lipinski definition) is 4. The van der Waals surface area contributed by atoms with Crippen LogP contribution in [0.1, 0.15) is 27.9 Å². The van der Waals surface area contributed by atoms with Gasteiger partial charge < -0.3 is 4.74 Å². The highest BCUT2D eigenvalue weighted by atomic mass is 35.5. The molecule has 1 aliphatic rings. The van der Waals surface area contributed by atoms with Crippen LogP contribution in [0.5, 0.6) is 5.75 Å². The molecule has 0 atom stereocenters. The van der Waals surface area contributed by atoms with E-state index in [1.165, 1.54) is 0 Å². The molecule has 0 saturated heterocycles. The predicted molar refractivity (Wildman–Crippen MR) is 92.9 cm³/mol. The molecule has 0 radical (unpaired) electrons. The summed E-state index contributed by atoms with van der Waals surface area (Å²) >= 11 is 5.85. The number of ketones is 1. The summed E-state index contributed by atoms with van der Waals surface area (Å²) in [5, 5.41) is 4.92. The van der Waals surface area contributed by atoms with Crippen LogP contribution < -0.4 is 10.2 Å². The summed E-state index contributed by atoms with van der Waals surface area (Å²) in [6.07, 6.45) is 0.464. The molecule has 4 nitrogen and oxygen atoms in total. The van der Waals surface area contributed by atoms with E-state index in [-0.39, 0.29) is 5.78 Å². The first kappa shape index (κ1) is 15.6. The number of Topliss-reactive ketones (excluding diaryl/α,β-unsaturated/α-hetero) is 1. The van der Waals surface area contributed by atoms with Gasteiger partial charge in [0.2, 0.25) is 5.78 Å². The molecule has 23 heavy (non-hydrogen) atoms. The van der Waals surface area contributed by atoms with Gasteiger partial charge in [0, 0.05) is 11.4 Å². The van der Waals surface area contributed by atoms with Crippen LogP contribution in [0.4, 0.5) is 5.69 Å². The molecule has 2 aromatic rings. The second kappa shape index (κ2) is 6.42. The molecule has 0 unspecified atom stereocenters. The summed E-state index contributed by atoms with van der Waals surface area (Å²) in [6.45, 7) is 4.42. The van der Waals surface area contributed by atoms with Crippen LogP contribution in [0, 0.1) is 13.8 Å². The normalized spacial score (nSPS) is 15.8. The predicted octanol–water partition coefficient (Wildman–Crippen LogP) is 4.39. The Morgan fingerprint density at radius 3 is 2.57 bits per heavy atom. The minimum atomic E-state index is -0.0953. The largest absolute Gasteiger partial charge is 0.492 e. The zero-order valence-electron chi connectivity index (χ0n) is 13.0. The molecule has 2 aromatic carbocycles. The number of aryl methyl sites for hydroxylation is 2. The fourth-order valence-electron chi connectivity index (χ4n) is 2.38. The van der Waals surface area contributed by atoms with E-state index in [0.717, 1.165) is 16.8 Å². The third kappa shape index (κ3) is 3.37. The number of halogens is 1. The van der Waals surface area contributed by atoms with Crippen molar-refractivity contribution in [2.45, 2.75) is 20.3 Å². The molecule has 1 aliphatic heterocycles. The van der Waals surface area contributed by atoms with Crippen LogP contribution >= 0.6 is 11.6 Å². The van der Waals surface area contributed by atoms with E-state index in [4.69, 9.17) is 16.3 Å². The van der Waals surface area contributed by atoms with Crippen LogP contribution in [0.15, 0.2) is 41.5 Å². The van der Waals surface area contributed by atoms with Crippen molar-refractivity contribution in [3.05, 3.63) is 58.1 Å². The van der Waals surface area contributed by atoms with Gasteiger partial charge in [-0.05, 0) is 61.4 Å². The Bertz CT molecular complexity index is 782. The molecule has 3 rings (SSSR count). The minimum absolute atomic E-state index is 0.0953. The zero-order valence-corrected chi connectivity index (χ0v) is 13.8. The van der Waals surface area contributed by atoms with Crippen molar-refractivity contribution >= 4 is 28.8 Å². The second-order valence-electron chi connectivity index (χ2n) is 5.54. The highest BCUT2D eigenvalue weighted by molar-refractivity contribution is 6.47. The van der Waals surface area contributed by atoms with Gasteiger partial charge in [-0.1, -0.05) is 11.6 Å². The van der Waals surface area contributed by atoms with E-state index in [9.17, 15) is 4.79 Å². The highest BCUT2D eigenvalue weighted by Gasteiger charge is 2.23. The molecule has 1 N–H and O–H groups in total. The quantitative estimate of drug-likeness (QED) is 0.832. The van der Waals surface area contributed by atoms with E-state index in [2.05, 4.69) is 10.5 Å². The van der Waals surface area contributed by atoms with Gasteiger partial charge in [0.15, 0.2) is 0 Å². The molecule has 0 bridgehead atoms. The summed E-state index contributed by atoms with van der Waals surface area (Å²) in [4.78, 5) is 12.7. The number of carbonyl (C=O) groups is 1. The summed E-state index contributed by atoms with van der Waals surface area (Å²) in [5.41, 5.74) is 6.89. The Kier molecular flexibility index (Phi) is 4.35. The Morgan fingerprint density at radius 1 is 1.13 bits per heavy atom. The third-order valence-corrected chi connectivity index (χ3v) is 4.12. The standard InChI is InChI=1S/C18H17ClN2O2/c1-11-9-15-17(10-12(11)2)23-8-7-16(18(15)22)21-20-14-5-3-13(19)4-6-14/h3-6,9-10,20H,7-8H2,1-2H3/b21-16-. The molecule has 118 valence electrons. The molecular formula is C18H17ClN2O2. The number of benzene rings is 2. The molecule has 1 heterocycles. The fraction of sp³-hybridized carbons (Fsp3) is 0.222. The lowest BCUT2D eigenvalue weighted by molar-refractivity contribution is 0.106.